The third-order valence-corrected chi connectivity index (χ3v) is 3.89. The number of nitrogens with one attached hydrogen (secondary N) is 1. The van der Waals surface area contributed by atoms with Gasteiger partial charge in [-0.2, -0.15) is 0 Å². The van der Waals surface area contributed by atoms with E-state index in [4.69, 9.17) is 11.6 Å². The summed E-state index contributed by atoms with van der Waals surface area (Å²) >= 11 is 5.87. The minimum atomic E-state index is 0.181. The summed E-state index contributed by atoms with van der Waals surface area (Å²) in [7, 11) is 0. The highest BCUT2D eigenvalue weighted by Crippen LogP contribution is 2.45. The number of anilines is 1. The van der Waals surface area contributed by atoms with Crippen molar-refractivity contribution in [1.29, 1.82) is 0 Å². The van der Waals surface area contributed by atoms with Gasteiger partial charge in [-0.15, -0.1) is 0 Å². The SMILES string of the molecule is CC1(C)CC(Nc2cncc(Cl)n2)c2ccccc21. The van der Waals surface area contributed by atoms with Gasteiger partial charge in [-0.25, -0.2) is 4.98 Å². The Hall–Kier alpha value is -1.61. The Morgan fingerprint density at radius 1 is 1.26 bits per heavy atom. The van der Waals surface area contributed by atoms with Crippen LogP contribution in [0.2, 0.25) is 5.15 Å². The van der Waals surface area contributed by atoms with Crippen molar-refractivity contribution in [3.8, 4) is 0 Å². The van der Waals surface area contributed by atoms with E-state index < -0.39 is 0 Å². The number of halogens is 1. The van der Waals surface area contributed by atoms with Gasteiger partial charge >= 0.3 is 0 Å². The summed E-state index contributed by atoms with van der Waals surface area (Å²) in [5, 5.41) is 3.85. The highest BCUT2D eigenvalue weighted by molar-refractivity contribution is 6.29. The van der Waals surface area contributed by atoms with Crippen molar-refractivity contribution in [2.24, 2.45) is 0 Å². The molecule has 3 nitrogen and oxygen atoms in total. The summed E-state index contributed by atoms with van der Waals surface area (Å²) in [6.07, 6.45) is 4.29. The number of benzene rings is 1. The van der Waals surface area contributed by atoms with Crippen LogP contribution in [-0.4, -0.2) is 9.97 Å². The van der Waals surface area contributed by atoms with Crippen LogP contribution in [0, 0.1) is 0 Å². The molecule has 2 aromatic rings. The lowest BCUT2D eigenvalue weighted by Gasteiger charge is -2.19. The molecule has 1 aromatic heterocycles. The van der Waals surface area contributed by atoms with Crippen molar-refractivity contribution in [2.45, 2.75) is 31.7 Å². The first-order chi connectivity index (χ1) is 9.06. The van der Waals surface area contributed by atoms with Crippen LogP contribution in [0.1, 0.15) is 37.4 Å². The standard InChI is InChI=1S/C15H16ClN3/c1-15(2)7-12(10-5-3-4-6-11(10)15)18-14-9-17-8-13(16)19-14/h3-6,8-9,12H,7H2,1-2H3,(H,18,19). The lowest BCUT2D eigenvalue weighted by molar-refractivity contribution is 0.493. The van der Waals surface area contributed by atoms with Gasteiger partial charge in [0.2, 0.25) is 0 Å². The maximum absolute atomic E-state index is 5.87. The topological polar surface area (TPSA) is 37.8 Å². The van der Waals surface area contributed by atoms with Gasteiger partial charge < -0.3 is 5.32 Å². The second-order valence-electron chi connectivity index (χ2n) is 5.60. The molecule has 1 unspecified atom stereocenters. The number of fused-ring (bicyclic) bond motifs is 1. The minimum Gasteiger partial charge on any atom is -0.362 e. The normalized spacial score (nSPS) is 20.1. The van der Waals surface area contributed by atoms with Gasteiger partial charge in [-0.3, -0.25) is 4.98 Å². The average Bonchev–Trinajstić information content (AvgIpc) is 2.62. The highest BCUT2D eigenvalue weighted by atomic mass is 35.5. The number of rotatable bonds is 2. The minimum absolute atomic E-state index is 0.181. The molecule has 4 heteroatoms. The second kappa shape index (κ2) is 4.49. The second-order valence-corrected chi connectivity index (χ2v) is 5.99. The van der Waals surface area contributed by atoms with Gasteiger partial charge in [0.1, 0.15) is 11.0 Å². The van der Waals surface area contributed by atoms with E-state index in [0.717, 1.165) is 12.2 Å². The Morgan fingerprint density at radius 2 is 2.05 bits per heavy atom. The fourth-order valence-electron chi connectivity index (χ4n) is 2.87. The number of nitrogens with zero attached hydrogens (tertiary/aromatic N) is 2. The van der Waals surface area contributed by atoms with Crippen LogP contribution in [0.25, 0.3) is 0 Å². The van der Waals surface area contributed by atoms with Crippen molar-refractivity contribution in [2.75, 3.05) is 5.32 Å². The maximum atomic E-state index is 5.87. The monoisotopic (exact) mass is 273 g/mol. The summed E-state index contributed by atoms with van der Waals surface area (Å²) in [6, 6.07) is 8.83. The molecular weight excluding hydrogens is 258 g/mol. The molecule has 1 aromatic carbocycles. The molecule has 1 N–H and O–H groups in total. The van der Waals surface area contributed by atoms with Crippen LogP contribution in [-0.2, 0) is 5.41 Å². The van der Waals surface area contributed by atoms with Crippen LogP contribution in [0.4, 0.5) is 5.82 Å². The molecule has 98 valence electrons. The molecule has 1 aliphatic carbocycles. The Labute approximate surface area is 118 Å². The van der Waals surface area contributed by atoms with E-state index in [1.807, 2.05) is 0 Å². The predicted octanol–water partition coefficient (Wildman–Crippen LogP) is 3.96. The molecule has 0 fully saturated rings. The van der Waals surface area contributed by atoms with E-state index in [9.17, 15) is 0 Å². The smallest absolute Gasteiger partial charge is 0.149 e. The van der Waals surface area contributed by atoms with Crippen molar-refractivity contribution in [3.05, 3.63) is 52.9 Å². The molecule has 0 saturated carbocycles. The number of hydrogen-bond donors (Lipinski definition) is 1. The Balaban J connectivity index is 1.92. The molecule has 3 rings (SSSR count). The maximum Gasteiger partial charge on any atom is 0.149 e. The number of hydrogen-bond acceptors (Lipinski definition) is 3. The summed E-state index contributed by atoms with van der Waals surface area (Å²) in [6.45, 7) is 4.55. The lowest BCUT2D eigenvalue weighted by atomic mass is 9.86. The van der Waals surface area contributed by atoms with E-state index in [1.54, 1.807) is 12.4 Å². The molecule has 0 saturated heterocycles. The highest BCUT2D eigenvalue weighted by Gasteiger charge is 2.36. The van der Waals surface area contributed by atoms with Crippen LogP contribution >= 0.6 is 11.6 Å². The van der Waals surface area contributed by atoms with E-state index in [1.165, 1.54) is 11.1 Å². The molecule has 0 amide bonds. The van der Waals surface area contributed by atoms with Crippen molar-refractivity contribution in [3.63, 3.8) is 0 Å². The molecule has 0 bridgehead atoms. The molecule has 1 heterocycles. The zero-order valence-electron chi connectivity index (χ0n) is 11.0. The largest absolute Gasteiger partial charge is 0.362 e. The molecular formula is C15H16ClN3. The number of aromatic nitrogens is 2. The van der Waals surface area contributed by atoms with Gasteiger partial charge in [-0.05, 0) is 23.0 Å². The first kappa shape index (κ1) is 12.4. The van der Waals surface area contributed by atoms with Crippen LogP contribution in [0.3, 0.4) is 0 Å². The van der Waals surface area contributed by atoms with E-state index >= 15 is 0 Å². The summed E-state index contributed by atoms with van der Waals surface area (Å²) in [4.78, 5) is 8.31. The summed E-state index contributed by atoms with van der Waals surface area (Å²) in [5.41, 5.74) is 2.93. The van der Waals surface area contributed by atoms with E-state index in [2.05, 4.69) is 53.4 Å². The van der Waals surface area contributed by atoms with E-state index in [-0.39, 0.29) is 11.5 Å². The Bertz CT molecular complexity index is 610. The van der Waals surface area contributed by atoms with Crippen molar-refractivity contribution >= 4 is 17.4 Å². The quantitative estimate of drug-likeness (QED) is 0.900. The molecule has 0 radical (unpaired) electrons. The summed E-state index contributed by atoms with van der Waals surface area (Å²) in [5.74, 6) is 0.727. The first-order valence-electron chi connectivity index (χ1n) is 6.40. The van der Waals surface area contributed by atoms with Gasteiger partial charge in [-0.1, -0.05) is 49.7 Å². The zero-order valence-corrected chi connectivity index (χ0v) is 11.8. The molecule has 0 spiro atoms. The van der Waals surface area contributed by atoms with Gasteiger partial charge in [0, 0.05) is 0 Å². The molecule has 1 atom stereocenters. The average molecular weight is 274 g/mol. The Morgan fingerprint density at radius 3 is 2.84 bits per heavy atom. The predicted molar refractivity (Wildman–Crippen MR) is 77.5 cm³/mol. The summed E-state index contributed by atoms with van der Waals surface area (Å²) < 4.78 is 0. The van der Waals surface area contributed by atoms with Gasteiger partial charge in [0.15, 0.2) is 0 Å². The third-order valence-electron chi connectivity index (χ3n) is 3.71. The van der Waals surface area contributed by atoms with Gasteiger partial charge in [0.05, 0.1) is 18.4 Å². The van der Waals surface area contributed by atoms with Gasteiger partial charge in [0.25, 0.3) is 0 Å². The third kappa shape index (κ3) is 2.30. The fourth-order valence-corrected chi connectivity index (χ4v) is 3.01. The van der Waals surface area contributed by atoms with Crippen LogP contribution in [0.15, 0.2) is 36.7 Å². The first-order valence-corrected chi connectivity index (χ1v) is 6.77. The molecule has 19 heavy (non-hydrogen) atoms. The van der Waals surface area contributed by atoms with Crippen molar-refractivity contribution < 1.29 is 0 Å². The zero-order chi connectivity index (χ0) is 13.5. The lowest BCUT2D eigenvalue weighted by Crippen LogP contribution is -2.15. The Kier molecular flexibility index (Phi) is 2.94. The van der Waals surface area contributed by atoms with Crippen molar-refractivity contribution in [1.82, 2.24) is 9.97 Å². The van der Waals surface area contributed by atoms with E-state index in [0.29, 0.717) is 5.15 Å². The molecule has 0 aliphatic heterocycles. The van der Waals surface area contributed by atoms with Crippen LogP contribution in [0.5, 0.6) is 0 Å². The molecule has 1 aliphatic rings. The fraction of sp³-hybridized carbons (Fsp3) is 0.333. The van der Waals surface area contributed by atoms with Crippen LogP contribution < -0.4 is 5.32 Å².